The normalized spacial score (nSPS) is 10.5. The fourth-order valence-electron chi connectivity index (χ4n) is 2.12. The first-order valence-corrected chi connectivity index (χ1v) is 6.91. The highest BCUT2D eigenvalue weighted by Crippen LogP contribution is 2.40. The van der Waals surface area contributed by atoms with Crippen molar-refractivity contribution in [3.8, 4) is 22.9 Å². The van der Waals surface area contributed by atoms with Gasteiger partial charge in [0.1, 0.15) is 5.82 Å². The fourth-order valence-corrected chi connectivity index (χ4v) is 2.45. The van der Waals surface area contributed by atoms with Crippen molar-refractivity contribution in [2.45, 2.75) is 20.3 Å². The first-order chi connectivity index (χ1) is 10.0. The van der Waals surface area contributed by atoms with Crippen molar-refractivity contribution in [2.75, 3.05) is 14.2 Å². The summed E-state index contributed by atoms with van der Waals surface area (Å²) in [6.45, 7) is 3.71. The summed E-state index contributed by atoms with van der Waals surface area (Å²) in [5.74, 6) is 1.36. The van der Waals surface area contributed by atoms with E-state index in [-0.39, 0.29) is 5.56 Å². The molecule has 0 saturated carbocycles. The molecule has 1 N–H and O–H groups in total. The van der Waals surface area contributed by atoms with Gasteiger partial charge in [-0.25, -0.2) is 4.98 Å². The maximum Gasteiger partial charge on any atom is 0.254 e. The number of hydrogen-bond acceptors (Lipinski definition) is 4. The molecule has 0 aliphatic rings. The molecule has 0 aliphatic heterocycles. The molecule has 0 spiro atoms. The lowest BCUT2D eigenvalue weighted by molar-refractivity contribution is 0.355. The van der Waals surface area contributed by atoms with E-state index in [2.05, 4.69) is 9.97 Å². The van der Waals surface area contributed by atoms with Crippen LogP contribution in [0.2, 0.25) is 5.02 Å². The van der Waals surface area contributed by atoms with Crippen molar-refractivity contribution in [2.24, 2.45) is 0 Å². The number of rotatable bonds is 4. The molecule has 0 aliphatic carbocycles. The van der Waals surface area contributed by atoms with Crippen molar-refractivity contribution in [1.29, 1.82) is 0 Å². The van der Waals surface area contributed by atoms with Crippen molar-refractivity contribution in [3.63, 3.8) is 0 Å². The van der Waals surface area contributed by atoms with E-state index in [4.69, 9.17) is 21.1 Å². The third-order valence-electron chi connectivity index (χ3n) is 3.33. The van der Waals surface area contributed by atoms with Gasteiger partial charge in [-0.05, 0) is 25.5 Å². The van der Waals surface area contributed by atoms with Gasteiger partial charge in [-0.3, -0.25) is 4.79 Å². The minimum Gasteiger partial charge on any atom is -0.493 e. The van der Waals surface area contributed by atoms with Gasteiger partial charge in [-0.15, -0.1) is 0 Å². The highest BCUT2D eigenvalue weighted by atomic mass is 35.5. The van der Waals surface area contributed by atoms with Crippen LogP contribution in [0.1, 0.15) is 18.2 Å². The highest BCUT2D eigenvalue weighted by Gasteiger charge is 2.17. The number of nitrogens with one attached hydrogen (secondary N) is 1. The summed E-state index contributed by atoms with van der Waals surface area (Å²) in [6, 6.07) is 3.47. The SMILES string of the molecule is CCc1nc(-c2ccc(OC)c(OC)c2Cl)[nH]c(=O)c1C. The average Bonchev–Trinajstić information content (AvgIpc) is 2.49. The number of hydrogen-bond donors (Lipinski definition) is 1. The molecule has 0 saturated heterocycles. The molecule has 1 heterocycles. The zero-order chi connectivity index (χ0) is 15.6. The molecule has 21 heavy (non-hydrogen) atoms. The second kappa shape index (κ2) is 6.18. The van der Waals surface area contributed by atoms with Crippen molar-refractivity contribution in [3.05, 3.63) is 38.8 Å². The van der Waals surface area contributed by atoms with Gasteiger partial charge in [0, 0.05) is 11.1 Å². The lowest BCUT2D eigenvalue weighted by Gasteiger charge is -2.13. The number of ether oxygens (including phenoxy) is 2. The molecule has 0 atom stereocenters. The van der Waals surface area contributed by atoms with E-state index < -0.39 is 0 Å². The molecule has 2 rings (SSSR count). The molecule has 0 fully saturated rings. The third-order valence-corrected chi connectivity index (χ3v) is 3.70. The zero-order valence-corrected chi connectivity index (χ0v) is 13.2. The number of halogens is 1. The van der Waals surface area contributed by atoms with Crippen LogP contribution in [0.15, 0.2) is 16.9 Å². The Labute approximate surface area is 127 Å². The van der Waals surface area contributed by atoms with Gasteiger partial charge >= 0.3 is 0 Å². The quantitative estimate of drug-likeness (QED) is 0.943. The lowest BCUT2D eigenvalue weighted by atomic mass is 10.1. The Balaban J connectivity index is 2.68. The lowest BCUT2D eigenvalue weighted by Crippen LogP contribution is -2.15. The van der Waals surface area contributed by atoms with Crippen molar-refractivity contribution in [1.82, 2.24) is 9.97 Å². The number of aromatic amines is 1. The number of methoxy groups -OCH3 is 2. The minimum absolute atomic E-state index is 0.164. The van der Waals surface area contributed by atoms with Crippen molar-refractivity contribution < 1.29 is 9.47 Å². The Kier molecular flexibility index (Phi) is 4.53. The summed E-state index contributed by atoms with van der Waals surface area (Å²) in [7, 11) is 3.05. The molecule has 1 aromatic heterocycles. The van der Waals surface area contributed by atoms with Crippen LogP contribution in [0.25, 0.3) is 11.4 Å². The smallest absolute Gasteiger partial charge is 0.254 e. The summed E-state index contributed by atoms with van der Waals surface area (Å²) in [5, 5.41) is 0.353. The summed E-state index contributed by atoms with van der Waals surface area (Å²) in [6.07, 6.45) is 0.674. The maximum atomic E-state index is 12.0. The van der Waals surface area contributed by atoms with Crippen LogP contribution in [-0.2, 0) is 6.42 Å². The molecule has 5 nitrogen and oxygen atoms in total. The third kappa shape index (κ3) is 2.74. The highest BCUT2D eigenvalue weighted by molar-refractivity contribution is 6.35. The largest absolute Gasteiger partial charge is 0.493 e. The summed E-state index contributed by atoms with van der Waals surface area (Å²) < 4.78 is 10.5. The monoisotopic (exact) mass is 308 g/mol. The summed E-state index contributed by atoms with van der Waals surface area (Å²) in [5.41, 5.74) is 1.81. The number of nitrogens with zero attached hydrogens (tertiary/aromatic N) is 1. The predicted molar refractivity (Wildman–Crippen MR) is 82.5 cm³/mol. The summed E-state index contributed by atoms with van der Waals surface area (Å²) >= 11 is 6.35. The molecular weight excluding hydrogens is 292 g/mol. The average molecular weight is 309 g/mol. The number of aromatic nitrogens is 2. The molecule has 0 bridgehead atoms. The zero-order valence-electron chi connectivity index (χ0n) is 12.4. The van der Waals surface area contributed by atoms with Crippen LogP contribution < -0.4 is 15.0 Å². The molecule has 0 unspecified atom stereocenters. The topological polar surface area (TPSA) is 64.2 Å². The van der Waals surface area contributed by atoms with E-state index in [0.717, 1.165) is 5.69 Å². The molecule has 0 radical (unpaired) electrons. The van der Waals surface area contributed by atoms with E-state index in [9.17, 15) is 4.79 Å². The Bertz CT molecular complexity index is 726. The molecule has 6 heteroatoms. The van der Waals surface area contributed by atoms with Crippen LogP contribution in [-0.4, -0.2) is 24.2 Å². The van der Waals surface area contributed by atoms with E-state index in [1.807, 2.05) is 6.92 Å². The van der Waals surface area contributed by atoms with Gasteiger partial charge in [0.2, 0.25) is 0 Å². The number of aryl methyl sites for hydroxylation is 1. The van der Waals surface area contributed by atoms with Gasteiger partial charge in [-0.2, -0.15) is 0 Å². The molecule has 112 valence electrons. The second-order valence-electron chi connectivity index (χ2n) is 4.50. The van der Waals surface area contributed by atoms with Crippen LogP contribution in [0.4, 0.5) is 0 Å². The standard InChI is InChI=1S/C15H17ClN2O3/c1-5-10-8(2)15(19)18-14(17-10)9-6-7-11(20-3)13(21-4)12(9)16/h6-7H,5H2,1-4H3,(H,17,18,19). The van der Waals surface area contributed by atoms with Crippen molar-refractivity contribution >= 4 is 11.6 Å². The predicted octanol–water partition coefficient (Wildman–Crippen LogP) is 2.98. The van der Waals surface area contributed by atoms with E-state index in [0.29, 0.717) is 39.9 Å². The fraction of sp³-hybridized carbons (Fsp3) is 0.333. The number of H-pyrrole nitrogens is 1. The van der Waals surface area contributed by atoms with Gasteiger partial charge in [-0.1, -0.05) is 18.5 Å². The minimum atomic E-state index is -0.164. The first kappa shape index (κ1) is 15.4. The van der Waals surface area contributed by atoms with E-state index >= 15 is 0 Å². The van der Waals surface area contributed by atoms with Gasteiger partial charge < -0.3 is 14.5 Å². The van der Waals surface area contributed by atoms with Gasteiger partial charge in [0.05, 0.1) is 24.9 Å². The van der Waals surface area contributed by atoms with Crippen LogP contribution >= 0.6 is 11.6 Å². The van der Waals surface area contributed by atoms with Crippen LogP contribution in [0, 0.1) is 6.92 Å². The Morgan fingerprint density at radius 1 is 1.29 bits per heavy atom. The van der Waals surface area contributed by atoms with E-state index in [1.165, 1.54) is 14.2 Å². The summed E-state index contributed by atoms with van der Waals surface area (Å²) in [4.78, 5) is 19.2. The van der Waals surface area contributed by atoms with Crippen LogP contribution in [0.3, 0.4) is 0 Å². The first-order valence-electron chi connectivity index (χ1n) is 6.54. The Morgan fingerprint density at radius 2 is 2.00 bits per heavy atom. The number of benzene rings is 1. The Hall–Kier alpha value is -2.01. The Morgan fingerprint density at radius 3 is 2.57 bits per heavy atom. The van der Waals surface area contributed by atoms with Gasteiger partial charge in [0.15, 0.2) is 11.5 Å². The molecule has 0 amide bonds. The molecular formula is C15H17ClN2O3. The molecule has 2 aromatic rings. The second-order valence-corrected chi connectivity index (χ2v) is 4.88. The maximum absolute atomic E-state index is 12.0. The van der Waals surface area contributed by atoms with Gasteiger partial charge in [0.25, 0.3) is 5.56 Å². The molecule has 1 aromatic carbocycles. The van der Waals surface area contributed by atoms with E-state index in [1.54, 1.807) is 19.1 Å². The van der Waals surface area contributed by atoms with Crippen LogP contribution in [0.5, 0.6) is 11.5 Å².